The van der Waals surface area contributed by atoms with Gasteiger partial charge in [0, 0.05) is 18.5 Å². The molecule has 2 aromatic carbocycles. The molecule has 1 amide bonds. The molecule has 0 aliphatic carbocycles. The van der Waals surface area contributed by atoms with Crippen LogP contribution in [0.3, 0.4) is 0 Å². The van der Waals surface area contributed by atoms with E-state index in [0.717, 1.165) is 4.68 Å². The molecule has 10 nitrogen and oxygen atoms in total. The van der Waals surface area contributed by atoms with Crippen molar-refractivity contribution in [2.75, 3.05) is 19.5 Å². The zero-order chi connectivity index (χ0) is 22.7. The van der Waals surface area contributed by atoms with Crippen molar-refractivity contribution in [3.63, 3.8) is 0 Å². The number of hydrogen-bond donors (Lipinski definition) is 1. The lowest BCUT2D eigenvalue weighted by atomic mass is 10.2. The molecule has 1 N–H and O–H groups in total. The van der Waals surface area contributed by atoms with Gasteiger partial charge < -0.3 is 19.5 Å². The Bertz CT molecular complexity index is 1340. The van der Waals surface area contributed by atoms with Gasteiger partial charge in [-0.15, -0.1) is 5.10 Å². The van der Waals surface area contributed by atoms with Crippen LogP contribution in [0.25, 0.3) is 5.65 Å². The third-order valence-electron chi connectivity index (χ3n) is 4.47. The summed E-state index contributed by atoms with van der Waals surface area (Å²) in [5, 5.41) is 7.18. The lowest BCUT2D eigenvalue weighted by molar-refractivity contribution is -0.117. The predicted octanol–water partition coefficient (Wildman–Crippen LogP) is 2.99. The van der Waals surface area contributed by atoms with Crippen LogP contribution in [0.15, 0.2) is 59.7 Å². The number of fused-ring (bicyclic) bond motifs is 1. The number of para-hydroxylation sites is 1. The minimum Gasteiger partial charge on any atom is -0.495 e. The number of methoxy groups -OCH3 is 2. The van der Waals surface area contributed by atoms with Gasteiger partial charge in [-0.05, 0) is 18.2 Å². The molecule has 0 aliphatic rings. The number of ether oxygens (including phenoxy) is 3. The normalized spacial score (nSPS) is 10.7. The highest BCUT2D eigenvalue weighted by Crippen LogP contribution is 2.35. The summed E-state index contributed by atoms with van der Waals surface area (Å²) in [6.45, 7) is -0.349. The molecule has 4 aromatic rings. The summed E-state index contributed by atoms with van der Waals surface area (Å²) in [5.74, 6) is 0.921. The fourth-order valence-corrected chi connectivity index (χ4v) is 3.23. The van der Waals surface area contributed by atoms with Crippen LogP contribution in [0.4, 0.5) is 5.69 Å². The maximum atomic E-state index is 12.7. The van der Waals surface area contributed by atoms with Crippen molar-refractivity contribution < 1.29 is 19.0 Å². The van der Waals surface area contributed by atoms with E-state index in [-0.39, 0.29) is 18.1 Å². The maximum Gasteiger partial charge on any atom is 0.351 e. The SMILES string of the molecule is COc1cc(OC)c(NC(=O)Cn2nc3c(Oc4ccccc4)nccn3c2=O)cc1Cl. The molecule has 0 unspecified atom stereocenters. The number of hydrogen-bond acceptors (Lipinski definition) is 7. The van der Waals surface area contributed by atoms with Crippen molar-refractivity contribution in [1.29, 1.82) is 0 Å². The van der Waals surface area contributed by atoms with E-state index in [9.17, 15) is 9.59 Å². The lowest BCUT2D eigenvalue weighted by Gasteiger charge is -2.12. The van der Waals surface area contributed by atoms with Gasteiger partial charge in [-0.25, -0.2) is 18.9 Å². The summed E-state index contributed by atoms with van der Waals surface area (Å²) in [4.78, 5) is 29.5. The van der Waals surface area contributed by atoms with Gasteiger partial charge in [0.05, 0.1) is 24.9 Å². The van der Waals surface area contributed by atoms with Crippen molar-refractivity contribution in [3.05, 3.63) is 70.4 Å². The Morgan fingerprint density at radius 2 is 1.88 bits per heavy atom. The number of nitrogens with one attached hydrogen (secondary N) is 1. The number of halogens is 1. The average molecular weight is 456 g/mol. The smallest absolute Gasteiger partial charge is 0.351 e. The van der Waals surface area contributed by atoms with E-state index in [0.29, 0.717) is 28.0 Å². The molecular weight excluding hydrogens is 438 g/mol. The third-order valence-corrected chi connectivity index (χ3v) is 4.76. The molecule has 11 heteroatoms. The Kier molecular flexibility index (Phi) is 5.95. The number of benzene rings is 2. The molecular formula is C21H18ClN5O5. The first kappa shape index (κ1) is 21.2. The summed E-state index contributed by atoms with van der Waals surface area (Å²) < 4.78 is 18.4. The van der Waals surface area contributed by atoms with Gasteiger partial charge in [0.25, 0.3) is 5.88 Å². The zero-order valence-electron chi connectivity index (χ0n) is 17.1. The standard InChI is InChI=1S/C21H18ClN5O5/c1-30-16-11-17(31-2)15(10-14(16)22)24-18(28)12-27-21(29)26-9-8-23-20(19(26)25-27)32-13-6-4-3-5-7-13/h3-11H,12H2,1-2H3,(H,24,28). The second-order valence-electron chi connectivity index (χ2n) is 6.52. The van der Waals surface area contributed by atoms with Crippen LogP contribution in [0.1, 0.15) is 0 Å². The first-order valence-corrected chi connectivity index (χ1v) is 9.76. The molecule has 4 rings (SSSR count). The van der Waals surface area contributed by atoms with E-state index in [1.165, 1.54) is 37.1 Å². The van der Waals surface area contributed by atoms with Gasteiger partial charge in [-0.2, -0.15) is 0 Å². The highest BCUT2D eigenvalue weighted by molar-refractivity contribution is 6.32. The van der Waals surface area contributed by atoms with Crippen molar-refractivity contribution in [1.82, 2.24) is 19.2 Å². The topological polar surface area (TPSA) is 109 Å². The largest absolute Gasteiger partial charge is 0.495 e. The van der Waals surface area contributed by atoms with Crippen molar-refractivity contribution >= 4 is 28.8 Å². The highest BCUT2D eigenvalue weighted by atomic mass is 35.5. The van der Waals surface area contributed by atoms with Crippen LogP contribution < -0.4 is 25.2 Å². The second-order valence-corrected chi connectivity index (χ2v) is 6.92. The lowest BCUT2D eigenvalue weighted by Crippen LogP contribution is -2.28. The molecule has 2 heterocycles. The Labute approximate surface area is 186 Å². The minimum absolute atomic E-state index is 0.138. The van der Waals surface area contributed by atoms with Crippen LogP contribution in [0.2, 0.25) is 5.02 Å². The summed E-state index contributed by atoms with van der Waals surface area (Å²) in [6.07, 6.45) is 2.87. The van der Waals surface area contributed by atoms with Gasteiger partial charge >= 0.3 is 5.69 Å². The van der Waals surface area contributed by atoms with Gasteiger partial charge in [0.1, 0.15) is 23.8 Å². The number of aromatic nitrogens is 4. The summed E-state index contributed by atoms with van der Waals surface area (Å²) >= 11 is 6.14. The first-order valence-electron chi connectivity index (χ1n) is 9.38. The second kappa shape index (κ2) is 8.98. The van der Waals surface area contributed by atoms with Gasteiger partial charge in [-0.1, -0.05) is 29.8 Å². The van der Waals surface area contributed by atoms with E-state index in [1.807, 2.05) is 18.2 Å². The quantitative estimate of drug-likeness (QED) is 0.456. The van der Waals surface area contributed by atoms with E-state index in [1.54, 1.807) is 18.2 Å². The molecule has 32 heavy (non-hydrogen) atoms. The van der Waals surface area contributed by atoms with E-state index < -0.39 is 11.6 Å². The summed E-state index contributed by atoms with van der Waals surface area (Å²) in [7, 11) is 2.92. The van der Waals surface area contributed by atoms with E-state index >= 15 is 0 Å². The number of carbonyl (C=O) groups is 1. The van der Waals surface area contributed by atoms with Gasteiger partial charge in [0.2, 0.25) is 11.6 Å². The number of amides is 1. The number of anilines is 1. The fraction of sp³-hybridized carbons (Fsp3) is 0.143. The Morgan fingerprint density at radius 1 is 1.12 bits per heavy atom. The Balaban J connectivity index is 1.59. The fourth-order valence-electron chi connectivity index (χ4n) is 2.98. The number of carbonyl (C=O) groups excluding carboxylic acids is 1. The molecule has 0 bridgehead atoms. The Morgan fingerprint density at radius 3 is 2.59 bits per heavy atom. The molecule has 2 aromatic heterocycles. The maximum absolute atomic E-state index is 12.7. The van der Waals surface area contributed by atoms with E-state index in [2.05, 4.69) is 15.4 Å². The van der Waals surface area contributed by atoms with Crippen molar-refractivity contribution in [2.24, 2.45) is 0 Å². The van der Waals surface area contributed by atoms with Crippen LogP contribution in [-0.2, 0) is 11.3 Å². The van der Waals surface area contributed by atoms with Crippen molar-refractivity contribution in [2.45, 2.75) is 6.54 Å². The summed E-state index contributed by atoms with van der Waals surface area (Å²) in [5.41, 5.74) is -0.00991. The monoisotopic (exact) mass is 455 g/mol. The molecule has 0 spiro atoms. The van der Waals surface area contributed by atoms with Gasteiger partial charge in [0.15, 0.2) is 0 Å². The molecule has 0 saturated heterocycles. The molecule has 0 saturated carbocycles. The molecule has 0 aliphatic heterocycles. The molecule has 0 fully saturated rings. The van der Waals surface area contributed by atoms with Gasteiger partial charge in [-0.3, -0.25) is 4.79 Å². The first-order chi connectivity index (χ1) is 15.5. The molecule has 164 valence electrons. The number of nitrogens with zero attached hydrogens (tertiary/aromatic N) is 4. The van der Waals surface area contributed by atoms with Crippen LogP contribution in [0.5, 0.6) is 23.1 Å². The van der Waals surface area contributed by atoms with Crippen LogP contribution >= 0.6 is 11.6 Å². The molecule has 0 radical (unpaired) electrons. The zero-order valence-corrected chi connectivity index (χ0v) is 17.9. The molecule has 0 atom stereocenters. The van der Waals surface area contributed by atoms with Crippen LogP contribution in [0, 0.1) is 0 Å². The predicted molar refractivity (Wildman–Crippen MR) is 117 cm³/mol. The van der Waals surface area contributed by atoms with E-state index in [4.69, 9.17) is 25.8 Å². The summed E-state index contributed by atoms with van der Waals surface area (Å²) in [6, 6.07) is 12.0. The Hall–Kier alpha value is -4.05. The van der Waals surface area contributed by atoms with Crippen LogP contribution in [-0.4, -0.2) is 39.3 Å². The third kappa shape index (κ3) is 4.21. The van der Waals surface area contributed by atoms with Crippen molar-refractivity contribution in [3.8, 4) is 23.1 Å². The number of rotatable bonds is 7. The highest BCUT2D eigenvalue weighted by Gasteiger charge is 2.17. The average Bonchev–Trinajstić information content (AvgIpc) is 3.11. The minimum atomic E-state index is -0.518.